The van der Waals surface area contributed by atoms with Gasteiger partial charge < -0.3 is 14.8 Å². The van der Waals surface area contributed by atoms with Gasteiger partial charge >= 0.3 is 0 Å². The van der Waals surface area contributed by atoms with Crippen LogP contribution in [0.15, 0.2) is 47.6 Å². The van der Waals surface area contributed by atoms with E-state index in [1.165, 1.54) is 19.2 Å². The molecule has 0 aliphatic carbocycles. The second-order valence-corrected chi connectivity index (χ2v) is 6.14. The fourth-order valence-electron chi connectivity index (χ4n) is 2.64. The predicted octanol–water partition coefficient (Wildman–Crippen LogP) is 3.48. The van der Waals surface area contributed by atoms with Gasteiger partial charge in [-0.1, -0.05) is 29.8 Å². The van der Waals surface area contributed by atoms with Gasteiger partial charge in [-0.25, -0.2) is 5.01 Å². The van der Waals surface area contributed by atoms with Crippen LogP contribution in [0, 0.1) is 0 Å². The van der Waals surface area contributed by atoms with Crippen LogP contribution in [0.2, 0.25) is 5.02 Å². The molecule has 3 rings (SSSR count). The molecule has 0 fully saturated rings. The maximum Gasteiger partial charge on any atom is 0.271 e. The summed E-state index contributed by atoms with van der Waals surface area (Å²) in [6, 6.07) is 12.1. The number of rotatable bonds is 5. The average Bonchev–Trinajstić information content (AvgIpc) is 2.69. The van der Waals surface area contributed by atoms with Gasteiger partial charge in [0.1, 0.15) is 17.2 Å². The molecule has 0 aromatic heterocycles. The number of benzene rings is 2. The van der Waals surface area contributed by atoms with Crippen molar-refractivity contribution in [2.24, 2.45) is 5.10 Å². The zero-order chi connectivity index (χ0) is 19.4. The van der Waals surface area contributed by atoms with E-state index in [-0.39, 0.29) is 24.5 Å². The van der Waals surface area contributed by atoms with Gasteiger partial charge in [-0.2, -0.15) is 5.10 Å². The van der Waals surface area contributed by atoms with E-state index in [4.69, 9.17) is 21.1 Å². The van der Waals surface area contributed by atoms with Crippen molar-refractivity contribution in [3.63, 3.8) is 0 Å². The molecule has 1 N–H and O–H groups in total. The number of hydrogen-bond donors (Lipinski definition) is 1. The molecular formula is C19H18ClN3O4. The van der Waals surface area contributed by atoms with Crippen LogP contribution in [0.5, 0.6) is 11.5 Å². The lowest BCUT2D eigenvalue weighted by molar-refractivity contribution is -0.118. The predicted molar refractivity (Wildman–Crippen MR) is 104 cm³/mol. The summed E-state index contributed by atoms with van der Waals surface area (Å²) in [7, 11) is 2.97. The molecule has 7 nitrogen and oxygen atoms in total. The van der Waals surface area contributed by atoms with Crippen LogP contribution >= 0.6 is 11.6 Å². The van der Waals surface area contributed by atoms with Crippen LogP contribution in [0.4, 0.5) is 11.4 Å². The van der Waals surface area contributed by atoms with Gasteiger partial charge in [-0.3, -0.25) is 9.59 Å². The summed E-state index contributed by atoms with van der Waals surface area (Å²) in [6.45, 7) is 0. The third-order valence-electron chi connectivity index (χ3n) is 4.02. The van der Waals surface area contributed by atoms with Crippen molar-refractivity contribution in [2.45, 2.75) is 12.8 Å². The van der Waals surface area contributed by atoms with E-state index in [0.29, 0.717) is 27.9 Å². The second kappa shape index (κ2) is 8.09. The van der Waals surface area contributed by atoms with Crippen molar-refractivity contribution in [3.8, 4) is 11.5 Å². The Kier molecular flexibility index (Phi) is 5.61. The van der Waals surface area contributed by atoms with Gasteiger partial charge in [-0.05, 0) is 18.2 Å². The number of hydrazone groups is 1. The summed E-state index contributed by atoms with van der Waals surface area (Å²) in [6.07, 6.45) is 0.446. The standard InChI is InChI=1S/C19H18ClN3O4/c1-26-16-11-17(27-2)15(10-13(16)20)21-19(25)14-8-9-18(24)23(22-14)12-6-4-3-5-7-12/h3-7,10-11H,8-9H2,1-2H3,(H,21,25). The molecule has 0 unspecified atom stereocenters. The van der Waals surface area contributed by atoms with Gasteiger partial charge in [0.05, 0.1) is 30.6 Å². The molecule has 0 saturated heterocycles. The fraction of sp³-hybridized carbons (Fsp3) is 0.211. The zero-order valence-electron chi connectivity index (χ0n) is 14.9. The first-order valence-electron chi connectivity index (χ1n) is 8.22. The minimum atomic E-state index is -0.428. The molecule has 0 saturated carbocycles. The van der Waals surface area contributed by atoms with Crippen molar-refractivity contribution in [2.75, 3.05) is 24.5 Å². The van der Waals surface area contributed by atoms with E-state index in [1.807, 2.05) is 6.07 Å². The molecule has 0 bridgehead atoms. The van der Waals surface area contributed by atoms with Gasteiger partial charge in [-0.15, -0.1) is 0 Å². The number of nitrogens with zero attached hydrogens (tertiary/aromatic N) is 2. The van der Waals surface area contributed by atoms with E-state index >= 15 is 0 Å². The third kappa shape index (κ3) is 4.03. The van der Waals surface area contributed by atoms with Crippen molar-refractivity contribution >= 4 is 40.5 Å². The number of carbonyl (C=O) groups is 2. The lowest BCUT2D eigenvalue weighted by atomic mass is 10.1. The fourth-order valence-corrected chi connectivity index (χ4v) is 2.88. The van der Waals surface area contributed by atoms with Gasteiger partial charge in [0, 0.05) is 18.9 Å². The minimum absolute atomic E-state index is 0.164. The lowest BCUT2D eigenvalue weighted by Gasteiger charge is -2.23. The molecule has 1 heterocycles. The lowest BCUT2D eigenvalue weighted by Crippen LogP contribution is -2.36. The normalized spacial score (nSPS) is 13.8. The maximum absolute atomic E-state index is 12.7. The number of methoxy groups -OCH3 is 2. The van der Waals surface area contributed by atoms with Gasteiger partial charge in [0.15, 0.2) is 0 Å². The first kappa shape index (κ1) is 18.7. The van der Waals surface area contributed by atoms with Crippen LogP contribution in [0.1, 0.15) is 12.8 Å². The molecular weight excluding hydrogens is 370 g/mol. The smallest absolute Gasteiger partial charge is 0.271 e. The van der Waals surface area contributed by atoms with Crippen molar-refractivity contribution in [1.29, 1.82) is 0 Å². The molecule has 1 aliphatic heterocycles. The summed E-state index contributed by atoms with van der Waals surface area (Å²) in [5.41, 5.74) is 1.24. The molecule has 0 spiro atoms. The topological polar surface area (TPSA) is 80.2 Å². The largest absolute Gasteiger partial charge is 0.495 e. The number of halogens is 1. The third-order valence-corrected chi connectivity index (χ3v) is 4.31. The Balaban J connectivity index is 1.86. The van der Waals surface area contributed by atoms with Crippen molar-refractivity contribution in [3.05, 3.63) is 47.5 Å². The van der Waals surface area contributed by atoms with E-state index < -0.39 is 5.91 Å². The number of nitrogens with one attached hydrogen (secondary N) is 1. The number of hydrogen-bond acceptors (Lipinski definition) is 5. The summed E-state index contributed by atoms with van der Waals surface area (Å²) < 4.78 is 10.4. The zero-order valence-corrected chi connectivity index (χ0v) is 15.6. The molecule has 0 atom stereocenters. The summed E-state index contributed by atoms with van der Waals surface area (Å²) >= 11 is 6.14. The highest BCUT2D eigenvalue weighted by molar-refractivity contribution is 6.44. The Morgan fingerprint density at radius 3 is 2.48 bits per heavy atom. The highest BCUT2D eigenvalue weighted by Gasteiger charge is 2.26. The van der Waals surface area contributed by atoms with Crippen LogP contribution in [0.25, 0.3) is 0 Å². The number of ether oxygens (including phenoxy) is 2. The summed E-state index contributed by atoms with van der Waals surface area (Å²) in [4.78, 5) is 24.8. The first-order valence-corrected chi connectivity index (χ1v) is 8.59. The minimum Gasteiger partial charge on any atom is -0.495 e. The van der Waals surface area contributed by atoms with Gasteiger partial charge in [0.25, 0.3) is 5.91 Å². The number of para-hydroxylation sites is 1. The molecule has 8 heteroatoms. The summed E-state index contributed by atoms with van der Waals surface area (Å²) in [5, 5.41) is 8.55. The Labute approximate surface area is 161 Å². The molecule has 1 aliphatic rings. The first-order chi connectivity index (χ1) is 13.0. The van der Waals surface area contributed by atoms with E-state index in [0.717, 1.165) is 0 Å². The van der Waals surface area contributed by atoms with Crippen LogP contribution in [-0.4, -0.2) is 31.7 Å². The Hall–Kier alpha value is -3.06. The second-order valence-electron chi connectivity index (χ2n) is 5.73. The van der Waals surface area contributed by atoms with Crippen LogP contribution in [-0.2, 0) is 9.59 Å². The maximum atomic E-state index is 12.7. The van der Waals surface area contributed by atoms with Gasteiger partial charge in [0.2, 0.25) is 5.91 Å². The Bertz CT molecular complexity index is 899. The van der Waals surface area contributed by atoms with Crippen molar-refractivity contribution in [1.82, 2.24) is 0 Å². The molecule has 27 heavy (non-hydrogen) atoms. The highest BCUT2D eigenvalue weighted by atomic mass is 35.5. The number of carbonyl (C=O) groups excluding carboxylic acids is 2. The van der Waals surface area contributed by atoms with E-state index in [2.05, 4.69) is 10.4 Å². The molecule has 140 valence electrons. The van der Waals surface area contributed by atoms with Crippen LogP contribution in [0.3, 0.4) is 0 Å². The molecule has 2 aromatic rings. The number of anilines is 2. The Morgan fingerprint density at radius 1 is 1.11 bits per heavy atom. The SMILES string of the molecule is COc1cc(OC)c(NC(=O)C2=NN(c3ccccc3)C(=O)CC2)cc1Cl. The highest BCUT2D eigenvalue weighted by Crippen LogP contribution is 2.36. The Morgan fingerprint density at radius 2 is 1.81 bits per heavy atom. The van der Waals surface area contributed by atoms with E-state index in [1.54, 1.807) is 36.4 Å². The molecule has 2 amide bonds. The van der Waals surface area contributed by atoms with Crippen LogP contribution < -0.4 is 19.8 Å². The number of amides is 2. The quantitative estimate of drug-likeness (QED) is 0.851. The molecule has 0 radical (unpaired) electrons. The van der Waals surface area contributed by atoms with Crippen molar-refractivity contribution < 1.29 is 19.1 Å². The summed E-state index contributed by atoms with van der Waals surface area (Å²) in [5.74, 6) is 0.241. The average molecular weight is 388 g/mol. The molecule has 2 aromatic carbocycles. The monoisotopic (exact) mass is 387 g/mol. The van der Waals surface area contributed by atoms with E-state index in [9.17, 15) is 9.59 Å².